The Balaban J connectivity index is 2.79. The van der Waals surface area contributed by atoms with Crippen LogP contribution in [0.5, 0.6) is 0 Å². The molecule has 1 fully saturated rings. The number of rotatable bonds is 3. The normalized spacial score (nSPS) is 28.7. The lowest BCUT2D eigenvalue weighted by Gasteiger charge is -2.08. The van der Waals surface area contributed by atoms with E-state index in [9.17, 15) is 9.90 Å². The van der Waals surface area contributed by atoms with Gasteiger partial charge in [-0.3, -0.25) is 4.79 Å². The highest BCUT2D eigenvalue weighted by molar-refractivity contribution is 5.77. The standard InChI is InChI=1S/C11H15NO3/c1-6(5-12)9(13)7-8(10(14)15-4)11(7,2)3/h7-9,13H,1H2,2-4H3. The molecule has 0 bridgehead atoms. The maximum atomic E-state index is 11.4. The molecule has 0 spiro atoms. The zero-order chi connectivity index (χ0) is 11.8. The van der Waals surface area contributed by atoms with Crippen molar-refractivity contribution in [2.45, 2.75) is 20.0 Å². The Hall–Kier alpha value is -1.34. The molecular weight excluding hydrogens is 194 g/mol. The molecule has 0 saturated heterocycles. The number of hydrogen-bond donors (Lipinski definition) is 1. The predicted molar refractivity (Wildman–Crippen MR) is 53.5 cm³/mol. The number of hydrogen-bond acceptors (Lipinski definition) is 4. The van der Waals surface area contributed by atoms with Crippen LogP contribution in [-0.2, 0) is 9.53 Å². The second-order valence-electron chi connectivity index (χ2n) is 4.43. The second kappa shape index (κ2) is 3.67. The quantitative estimate of drug-likeness (QED) is 0.553. The molecular formula is C11H15NO3. The van der Waals surface area contributed by atoms with E-state index in [1.807, 2.05) is 13.8 Å². The fourth-order valence-corrected chi connectivity index (χ4v) is 2.13. The summed E-state index contributed by atoms with van der Waals surface area (Å²) >= 11 is 0. The number of nitriles is 1. The van der Waals surface area contributed by atoms with Gasteiger partial charge in [-0.25, -0.2) is 0 Å². The molecule has 1 rings (SSSR count). The van der Waals surface area contributed by atoms with E-state index in [2.05, 4.69) is 11.3 Å². The third-order valence-corrected chi connectivity index (χ3v) is 3.21. The molecule has 4 heteroatoms. The Morgan fingerprint density at radius 1 is 1.67 bits per heavy atom. The zero-order valence-corrected chi connectivity index (χ0v) is 9.15. The lowest BCUT2D eigenvalue weighted by molar-refractivity contribution is -0.143. The number of ether oxygens (including phenoxy) is 1. The lowest BCUT2D eigenvalue weighted by atomic mass is 10.0. The van der Waals surface area contributed by atoms with Crippen molar-refractivity contribution in [2.24, 2.45) is 17.3 Å². The predicted octanol–water partition coefficient (Wildman–Crippen LogP) is 0.872. The van der Waals surface area contributed by atoms with E-state index in [1.54, 1.807) is 6.07 Å². The molecule has 0 aromatic rings. The first kappa shape index (κ1) is 11.7. The van der Waals surface area contributed by atoms with E-state index in [0.29, 0.717) is 0 Å². The van der Waals surface area contributed by atoms with Crippen molar-refractivity contribution in [1.82, 2.24) is 0 Å². The van der Waals surface area contributed by atoms with E-state index in [1.165, 1.54) is 7.11 Å². The van der Waals surface area contributed by atoms with Crippen molar-refractivity contribution in [3.05, 3.63) is 12.2 Å². The summed E-state index contributed by atoms with van der Waals surface area (Å²) in [6.07, 6.45) is -0.950. The molecule has 4 nitrogen and oxygen atoms in total. The van der Waals surface area contributed by atoms with Gasteiger partial charge < -0.3 is 9.84 Å². The van der Waals surface area contributed by atoms with Crippen LogP contribution in [0.3, 0.4) is 0 Å². The zero-order valence-electron chi connectivity index (χ0n) is 9.15. The Morgan fingerprint density at radius 2 is 2.20 bits per heavy atom. The van der Waals surface area contributed by atoms with Crippen LogP contribution in [0.2, 0.25) is 0 Å². The first-order valence-electron chi connectivity index (χ1n) is 4.72. The van der Waals surface area contributed by atoms with Gasteiger partial charge in [0.25, 0.3) is 0 Å². The first-order chi connectivity index (χ1) is 6.87. The fourth-order valence-electron chi connectivity index (χ4n) is 2.13. The smallest absolute Gasteiger partial charge is 0.309 e. The molecule has 1 aliphatic carbocycles. The summed E-state index contributed by atoms with van der Waals surface area (Å²) in [5.74, 6) is -0.950. The van der Waals surface area contributed by atoms with Crippen LogP contribution < -0.4 is 0 Å². The summed E-state index contributed by atoms with van der Waals surface area (Å²) in [5, 5.41) is 18.4. The monoisotopic (exact) mass is 209 g/mol. The van der Waals surface area contributed by atoms with E-state index in [0.717, 1.165) is 0 Å². The van der Waals surface area contributed by atoms with Crippen LogP contribution in [0.1, 0.15) is 13.8 Å². The van der Waals surface area contributed by atoms with Crippen LogP contribution >= 0.6 is 0 Å². The SMILES string of the molecule is C=C(C#N)C(O)C1C(C(=O)OC)C1(C)C. The molecule has 3 unspecified atom stereocenters. The van der Waals surface area contributed by atoms with Crippen molar-refractivity contribution >= 4 is 5.97 Å². The van der Waals surface area contributed by atoms with Gasteiger partial charge in [-0.05, 0) is 5.41 Å². The Morgan fingerprint density at radius 3 is 2.60 bits per heavy atom. The van der Waals surface area contributed by atoms with Gasteiger partial charge in [0.15, 0.2) is 0 Å². The van der Waals surface area contributed by atoms with Gasteiger partial charge in [-0.15, -0.1) is 0 Å². The molecule has 1 aliphatic rings. The van der Waals surface area contributed by atoms with Gasteiger partial charge in [0.05, 0.1) is 30.8 Å². The van der Waals surface area contributed by atoms with Crippen LogP contribution in [0, 0.1) is 28.6 Å². The summed E-state index contributed by atoms with van der Waals surface area (Å²) in [6, 6.07) is 1.80. The number of carbonyl (C=O) groups excluding carboxylic acids is 1. The average molecular weight is 209 g/mol. The Kier molecular flexibility index (Phi) is 2.87. The maximum absolute atomic E-state index is 11.4. The minimum absolute atomic E-state index is 0.0967. The molecule has 0 aromatic carbocycles. The summed E-state index contributed by atoms with van der Waals surface area (Å²) in [4.78, 5) is 11.4. The molecule has 0 radical (unpaired) electrons. The van der Waals surface area contributed by atoms with Crippen LogP contribution in [0.25, 0.3) is 0 Å². The molecule has 3 atom stereocenters. The van der Waals surface area contributed by atoms with Crippen molar-refractivity contribution in [2.75, 3.05) is 7.11 Å². The molecule has 0 aromatic heterocycles. The number of aliphatic hydroxyl groups is 1. The van der Waals surface area contributed by atoms with Gasteiger partial charge in [0.2, 0.25) is 0 Å². The topological polar surface area (TPSA) is 70.3 Å². The number of esters is 1. The molecule has 1 N–H and O–H groups in total. The van der Waals surface area contributed by atoms with E-state index in [-0.39, 0.29) is 28.8 Å². The second-order valence-corrected chi connectivity index (χ2v) is 4.43. The molecule has 82 valence electrons. The van der Waals surface area contributed by atoms with Crippen molar-refractivity contribution in [1.29, 1.82) is 5.26 Å². The van der Waals surface area contributed by atoms with E-state index in [4.69, 9.17) is 5.26 Å². The van der Waals surface area contributed by atoms with Gasteiger partial charge in [-0.1, -0.05) is 20.4 Å². The fraction of sp³-hybridized carbons (Fsp3) is 0.636. The summed E-state index contributed by atoms with van der Waals surface area (Å²) < 4.78 is 4.64. The van der Waals surface area contributed by atoms with Crippen molar-refractivity contribution < 1.29 is 14.6 Å². The largest absolute Gasteiger partial charge is 0.469 e. The Bertz CT molecular complexity index is 340. The first-order valence-corrected chi connectivity index (χ1v) is 4.72. The summed E-state index contributed by atoms with van der Waals surface area (Å²) in [7, 11) is 1.32. The van der Waals surface area contributed by atoms with Gasteiger partial charge in [0, 0.05) is 5.92 Å². The molecule has 0 aliphatic heterocycles. The number of aliphatic hydroxyl groups excluding tert-OH is 1. The van der Waals surface area contributed by atoms with Gasteiger partial charge in [0.1, 0.15) is 0 Å². The summed E-state index contributed by atoms with van der Waals surface area (Å²) in [6.45, 7) is 7.19. The minimum Gasteiger partial charge on any atom is -0.469 e. The van der Waals surface area contributed by atoms with Gasteiger partial charge in [-0.2, -0.15) is 5.26 Å². The van der Waals surface area contributed by atoms with Gasteiger partial charge >= 0.3 is 5.97 Å². The Labute approximate surface area is 89.2 Å². The lowest BCUT2D eigenvalue weighted by Crippen LogP contribution is -2.16. The third kappa shape index (κ3) is 1.75. The maximum Gasteiger partial charge on any atom is 0.309 e. The van der Waals surface area contributed by atoms with Crippen LogP contribution in [0.15, 0.2) is 12.2 Å². The van der Waals surface area contributed by atoms with Crippen molar-refractivity contribution in [3.8, 4) is 6.07 Å². The summed E-state index contributed by atoms with van der Waals surface area (Å²) in [5.41, 5.74) is -0.230. The molecule has 1 saturated carbocycles. The highest BCUT2D eigenvalue weighted by Gasteiger charge is 2.65. The number of carbonyl (C=O) groups is 1. The highest BCUT2D eigenvalue weighted by atomic mass is 16.5. The van der Waals surface area contributed by atoms with Crippen molar-refractivity contribution in [3.63, 3.8) is 0 Å². The third-order valence-electron chi connectivity index (χ3n) is 3.21. The van der Waals surface area contributed by atoms with E-state index < -0.39 is 6.10 Å². The highest BCUT2D eigenvalue weighted by Crippen LogP contribution is 2.61. The molecule has 0 heterocycles. The molecule has 0 amide bonds. The number of methoxy groups -OCH3 is 1. The van der Waals surface area contributed by atoms with Crippen LogP contribution in [0.4, 0.5) is 0 Å². The van der Waals surface area contributed by atoms with E-state index >= 15 is 0 Å². The minimum atomic E-state index is -0.950. The van der Waals surface area contributed by atoms with Crippen LogP contribution in [-0.4, -0.2) is 24.3 Å². The molecule has 15 heavy (non-hydrogen) atoms. The number of nitrogens with zero attached hydrogens (tertiary/aromatic N) is 1. The average Bonchev–Trinajstić information content (AvgIpc) is 2.78.